The molecule has 0 N–H and O–H groups in total. The molecule has 0 saturated heterocycles. The molecule has 23 heavy (non-hydrogen) atoms. The number of amides is 2. The normalized spacial score (nSPS) is 14.8. The fourth-order valence-electron chi connectivity index (χ4n) is 2.48. The van der Waals surface area contributed by atoms with Gasteiger partial charge in [-0.3, -0.25) is 14.5 Å². The minimum absolute atomic E-state index is 0.133. The van der Waals surface area contributed by atoms with Crippen molar-refractivity contribution in [3.63, 3.8) is 0 Å². The van der Waals surface area contributed by atoms with Crippen molar-refractivity contribution in [3.8, 4) is 5.75 Å². The van der Waals surface area contributed by atoms with E-state index in [4.69, 9.17) is 4.74 Å². The topological polar surface area (TPSA) is 46.6 Å². The summed E-state index contributed by atoms with van der Waals surface area (Å²) in [6, 6.07) is 8.75. The molecule has 0 aliphatic carbocycles. The van der Waals surface area contributed by atoms with Gasteiger partial charge in [-0.25, -0.2) is 8.78 Å². The van der Waals surface area contributed by atoms with Crippen LogP contribution < -0.4 is 4.74 Å². The Morgan fingerprint density at radius 3 is 2.26 bits per heavy atom. The quantitative estimate of drug-likeness (QED) is 0.814. The summed E-state index contributed by atoms with van der Waals surface area (Å²) in [5.74, 6) is -2.42. The van der Waals surface area contributed by atoms with Gasteiger partial charge in [-0.2, -0.15) is 0 Å². The van der Waals surface area contributed by atoms with Crippen LogP contribution >= 0.6 is 0 Å². The number of nitrogens with zero attached hydrogens (tertiary/aromatic N) is 1. The van der Waals surface area contributed by atoms with E-state index >= 15 is 0 Å². The lowest BCUT2D eigenvalue weighted by molar-refractivity contribution is 0.0549. The predicted octanol–water partition coefficient (Wildman–Crippen LogP) is 3.03. The Bertz CT molecular complexity index is 756. The highest BCUT2D eigenvalue weighted by Crippen LogP contribution is 2.25. The summed E-state index contributed by atoms with van der Waals surface area (Å²) in [5, 5.41) is 0. The van der Waals surface area contributed by atoms with Crippen LogP contribution in [0.5, 0.6) is 5.75 Å². The summed E-state index contributed by atoms with van der Waals surface area (Å²) in [5.41, 5.74) is 0.669. The molecular formula is C17H13F2NO3. The maximum atomic E-state index is 13.5. The van der Waals surface area contributed by atoms with E-state index < -0.39 is 29.5 Å². The van der Waals surface area contributed by atoms with Crippen molar-refractivity contribution in [1.82, 2.24) is 4.90 Å². The summed E-state index contributed by atoms with van der Waals surface area (Å²) in [4.78, 5) is 25.7. The lowest BCUT2D eigenvalue weighted by Crippen LogP contribution is -2.41. The number of carbonyl (C=O) groups is 2. The van der Waals surface area contributed by atoms with Gasteiger partial charge in [-0.15, -0.1) is 0 Å². The molecule has 2 aromatic rings. The molecule has 0 fully saturated rings. The highest BCUT2D eigenvalue weighted by atomic mass is 19.1. The summed E-state index contributed by atoms with van der Waals surface area (Å²) < 4.78 is 31.9. The molecule has 2 aromatic carbocycles. The van der Waals surface area contributed by atoms with E-state index in [0.717, 1.165) is 23.1 Å². The third-order valence-electron chi connectivity index (χ3n) is 3.64. The van der Waals surface area contributed by atoms with E-state index in [1.54, 1.807) is 31.2 Å². The Hall–Kier alpha value is -2.76. The summed E-state index contributed by atoms with van der Waals surface area (Å²) in [6.07, 6.45) is 0. The van der Waals surface area contributed by atoms with Gasteiger partial charge in [0, 0.05) is 6.07 Å². The van der Waals surface area contributed by atoms with Crippen LogP contribution in [0, 0.1) is 11.6 Å². The molecule has 1 aliphatic rings. The average molecular weight is 317 g/mol. The molecule has 3 rings (SSSR count). The number of ether oxygens (including phenoxy) is 1. The third kappa shape index (κ3) is 2.67. The van der Waals surface area contributed by atoms with Crippen molar-refractivity contribution in [2.45, 2.75) is 13.0 Å². The maximum absolute atomic E-state index is 13.5. The molecule has 0 saturated carbocycles. The summed E-state index contributed by atoms with van der Waals surface area (Å²) in [6.45, 7) is 1.48. The Kier molecular flexibility index (Phi) is 3.82. The first-order chi connectivity index (χ1) is 11.0. The Balaban J connectivity index is 1.75. The zero-order valence-electron chi connectivity index (χ0n) is 12.3. The standard InChI is InChI=1S/C17H13F2NO3/c1-10(9-23-15-8-11(18)6-7-14(15)19)20-16(21)12-4-2-3-5-13(12)17(20)22/h2-8,10H,9H2,1H3. The highest BCUT2D eigenvalue weighted by molar-refractivity contribution is 6.21. The molecule has 6 heteroatoms. The van der Waals surface area contributed by atoms with Crippen LogP contribution in [0.2, 0.25) is 0 Å². The fourth-order valence-corrected chi connectivity index (χ4v) is 2.48. The molecule has 1 unspecified atom stereocenters. The number of hydrogen-bond donors (Lipinski definition) is 0. The van der Waals surface area contributed by atoms with Crippen LogP contribution in [0.1, 0.15) is 27.6 Å². The maximum Gasteiger partial charge on any atom is 0.261 e. The number of hydrogen-bond acceptors (Lipinski definition) is 3. The van der Waals surface area contributed by atoms with E-state index in [0.29, 0.717) is 11.1 Å². The van der Waals surface area contributed by atoms with Crippen LogP contribution in [0.25, 0.3) is 0 Å². The minimum atomic E-state index is -0.707. The average Bonchev–Trinajstić information content (AvgIpc) is 2.80. The molecular weight excluding hydrogens is 304 g/mol. The van der Waals surface area contributed by atoms with E-state index in [1.807, 2.05) is 0 Å². The SMILES string of the molecule is CC(COc1cc(F)ccc1F)N1C(=O)c2ccccc2C1=O. The first-order valence-electron chi connectivity index (χ1n) is 7.04. The number of imide groups is 1. The smallest absolute Gasteiger partial charge is 0.261 e. The first-order valence-corrected chi connectivity index (χ1v) is 7.04. The van der Waals surface area contributed by atoms with Crippen LogP contribution in [0.15, 0.2) is 42.5 Å². The van der Waals surface area contributed by atoms with Crippen molar-refractivity contribution in [2.75, 3.05) is 6.61 Å². The van der Waals surface area contributed by atoms with Crippen molar-refractivity contribution < 1.29 is 23.1 Å². The van der Waals surface area contributed by atoms with Gasteiger partial charge in [-0.1, -0.05) is 12.1 Å². The second-order valence-corrected chi connectivity index (χ2v) is 5.26. The first kappa shape index (κ1) is 15.1. The lowest BCUT2D eigenvalue weighted by Gasteiger charge is -2.22. The Morgan fingerprint density at radius 1 is 1.04 bits per heavy atom. The molecule has 1 aliphatic heterocycles. The molecule has 2 amide bonds. The van der Waals surface area contributed by atoms with E-state index in [2.05, 4.69) is 0 Å². The minimum Gasteiger partial charge on any atom is -0.488 e. The Morgan fingerprint density at radius 2 is 1.65 bits per heavy atom. The van der Waals surface area contributed by atoms with E-state index in [-0.39, 0.29) is 12.4 Å². The molecule has 4 nitrogen and oxygen atoms in total. The zero-order chi connectivity index (χ0) is 16.6. The largest absolute Gasteiger partial charge is 0.488 e. The number of rotatable bonds is 4. The van der Waals surface area contributed by atoms with Crippen LogP contribution in [-0.2, 0) is 0 Å². The third-order valence-corrected chi connectivity index (χ3v) is 3.64. The fraction of sp³-hybridized carbons (Fsp3) is 0.176. The van der Waals surface area contributed by atoms with E-state index in [1.165, 1.54) is 0 Å². The van der Waals surface area contributed by atoms with Gasteiger partial charge in [0.25, 0.3) is 11.8 Å². The molecule has 1 heterocycles. The van der Waals surface area contributed by atoms with E-state index in [9.17, 15) is 18.4 Å². The predicted molar refractivity (Wildman–Crippen MR) is 78.3 cm³/mol. The van der Waals surface area contributed by atoms with Crippen molar-refractivity contribution >= 4 is 11.8 Å². The lowest BCUT2D eigenvalue weighted by atomic mass is 10.1. The van der Waals surface area contributed by atoms with Gasteiger partial charge in [-0.05, 0) is 31.2 Å². The molecule has 1 atom stereocenters. The number of fused-ring (bicyclic) bond motifs is 1. The van der Waals surface area contributed by atoms with Crippen LogP contribution in [-0.4, -0.2) is 29.4 Å². The monoisotopic (exact) mass is 317 g/mol. The van der Waals surface area contributed by atoms with Gasteiger partial charge < -0.3 is 4.74 Å². The van der Waals surface area contributed by atoms with Gasteiger partial charge >= 0.3 is 0 Å². The zero-order valence-corrected chi connectivity index (χ0v) is 12.3. The molecule has 118 valence electrons. The van der Waals surface area contributed by atoms with Gasteiger partial charge in [0.15, 0.2) is 11.6 Å². The Labute approximate surface area is 131 Å². The van der Waals surface area contributed by atoms with Crippen LogP contribution in [0.3, 0.4) is 0 Å². The van der Waals surface area contributed by atoms with Gasteiger partial charge in [0.05, 0.1) is 17.2 Å². The second kappa shape index (κ2) is 5.79. The molecule has 0 bridgehead atoms. The van der Waals surface area contributed by atoms with Crippen molar-refractivity contribution in [2.24, 2.45) is 0 Å². The van der Waals surface area contributed by atoms with Gasteiger partial charge in [0.2, 0.25) is 0 Å². The number of carbonyl (C=O) groups excluding carboxylic acids is 2. The second-order valence-electron chi connectivity index (χ2n) is 5.26. The summed E-state index contributed by atoms with van der Waals surface area (Å²) in [7, 11) is 0. The van der Waals surface area contributed by atoms with Crippen molar-refractivity contribution in [3.05, 3.63) is 65.2 Å². The molecule has 0 spiro atoms. The van der Waals surface area contributed by atoms with Crippen molar-refractivity contribution in [1.29, 1.82) is 0 Å². The molecule has 0 aromatic heterocycles. The number of benzene rings is 2. The molecule has 0 radical (unpaired) electrons. The number of halogens is 2. The van der Waals surface area contributed by atoms with Crippen LogP contribution in [0.4, 0.5) is 8.78 Å². The van der Waals surface area contributed by atoms with Gasteiger partial charge in [0.1, 0.15) is 12.4 Å². The summed E-state index contributed by atoms with van der Waals surface area (Å²) >= 11 is 0. The highest BCUT2D eigenvalue weighted by Gasteiger charge is 2.38.